The third-order valence-electron chi connectivity index (χ3n) is 2.70. The number of aryl methyl sites for hydroxylation is 1. The molecule has 18 heavy (non-hydrogen) atoms. The van der Waals surface area contributed by atoms with Crippen LogP contribution in [0.25, 0.3) is 22.8 Å². The van der Waals surface area contributed by atoms with Gasteiger partial charge in [0.1, 0.15) is 0 Å². The van der Waals surface area contributed by atoms with E-state index in [-0.39, 0.29) is 0 Å². The summed E-state index contributed by atoms with van der Waals surface area (Å²) in [4.78, 5) is 4.40. The fourth-order valence-electron chi connectivity index (χ4n) is 1.71. The van der Waals surface area contributed by atoms with Gasteiger partial charge in [-0.3, -0.25) is 0 Å². The number of aromatic nitrogens is 2. The number of nitrogens with two attached hydrogens (primary N) is 1. The van der Waals surface area contributed by atoms with Gasteiger partial charge in [-0.05, 0) is 36.1 Å². The van der Waals surface area contributed by atoms with Crippen LogP contribution in [-0.2, 0) is 0 Å². The Morgan fingerprint density at radius 1 is 1.28 bits per heavy atom. The summed E-state index contributed by atoms with van der Waals surface area (Å²) in [7, 11) is 0. The summed E-state index contributed by atoms with van der Waals surface area (Å²) < 4.78 is 5.30. The molecule has 0 radical (unpaired) electrons. The highest BCUT2D eigenvalue weighted by Crippen LogP contribution is 2.27. The largest absolute Gasteiger partial charge is 0.399 e. The van der Waals surface area contributed by atoms with Gasteiger partial charge >= 0.3 is 0 Å². The van der Waals surface area contributed by atoms with Gasteiger partial charge in [0.05, 0.1) is 0 Å². The SMILES string of the molecule is Cc1ccc(N)cc1-c1nc(-c2ccsc2)no1. The van der Waals surface area contributed by atoms with Crippen molar-refractivity contribution in [1.82, 2.24) is 10.1 Å². The van der Waals surface area contributed by atoms with Gasteiger partial charge in [0.15, 0.2) is 0 Å². The van der Waals surface area contributed by atoms with E-state index in [1.807, 2.05) is 41.9 Å². The molecule has 2 heterocycles. The molecule has 0 bridgehead atoms. The lowest BCUT2D eigenvalue weighted by Gasteiger charge is -2.01. The second kappa shape index (κ2) is 4.27. The van der Waals surface area contributed by atoms with E-state index in [0.29, 0.717) is 17.4 Å². The Labute approximate surface area is 108 Å². The Hall–Kier alpha value is -2.14. The first-order valence-corrected chi connectivity index (χ1v) is 6.41. The number of hydrogen-bond acceptors (Lipinski definition) is 5. The van der Waals surface area contributed by atoms with Crippen molar-refractivity contribution in [2.24, 2.45) is 0 Å². The summed E-state index contributed by atoms with van der Waals surface area (Å²) in [5, 5.41) is 7.96. The molecule has 2 aromatic heterocycles. The van der Waals surface area contributed by atoms with Crippen LogP contribution < -0.4 is 5.73 Å². The topological polar surface area (TPSA) is 64.9 Å². The van der Waals surface area contributed by atoms with Gasteiger partial charge in [0.25, 0.3) is 5.89 Å². The Morgan fingerprint density at radius 2 is 2.17 bits per heavy atom. The van der Waals surface area contributed by atoms with E-state index < -0.39 is 0 Å². The molecule has 0 unspecified atom stereocenters. The summed E-state index contributed by atoms with van der Waals surface area (Å²) in [6.07, 6.45) is 0. The van der Waals surface area contributed by atoms with Crippen LogP contribution in [0.3, 0.4) is 0 Å². The Kier molecular flexibility index (Phi) is 2.60. The Balaban J connectivity index is 2.05. The lowest BCUT2D eigenvalue weighted by Crippen LogP contribution is -1.89. The number of thiophene rings is 1. The van der Waals surface area contributed by atoms with E-state index >= 15 is 0 Å². The van der Waals surface area contributed by atoms with Crippen molar-refractivity contribution in [2.45, 2.75) is 6.92 Å². The number of rotatable bonds is 2. The van der Waals surface area contributed by atoms with Crippen LogP contribution in [-0.4, -0.2) is 10.1 Å². The smallest absolute Gasteiger partial charge is 0.258 e. The highest BCUT2D eigenvalue weighted by Gasteiger charge is 2.12. The maximum Gasteiger partial charge on any atom is 0.258 e. The van der Waals surface area contributed by atoms with Gasteiger partial charge in [0.2, 0.25) is 5.82 Å². The molecule has 0 aliphatic heterocycles. The number of nitrogen functional groups attached to an aromatic ring is 1. The van der Waals surface area contributed by atoms with Crippen LogP contribution in [0.1, 0.15) is 5.56 Å². The third-order valence-corrected chi connectivity index (χ3v) is 3.38. The zero-order valence-corrected chi connectivity index (χ0v) is 10.6. The van der Waals surface area contributed by atoms with E-state index in [4.69, 9.17) is 10.3 Å². The quantitative estimate of drug-likeness (QED) is 0.715. The highest BCUT2D eigenvalue weighted by atomic mass is 32.1. The first-order chi connectivity index (χ1) is 8.74. The second-order valence-corrected chi connectivity index (χ2v) is 4.79. The maximum absolute atomic E-state index is 5.78. The predicted octanol–water partition coefficient (Wildman–Crippen LogP) is 3.36. The molecule has 0 fully saturated rings. The van der Waals surface area contributed by atoms with E-state index in [2.05, 4.69) is 10.1 Å². The minimum atomic E-state index is 0.501. The molecule has 0 atom stereocenters. The van der Waals surface area contributed by atoms with Crippen LogP contribution in [0.15, 0.2) is 39.5 Å². The standard InChI is InChI=1S/C13H11N3OS/c1-8-2-3-10(14)6-11(8)13-15-12(16-17-13)9-4-5-18-7-9/h2-7H,14H2,1H3. The average Bonchev–Trinajstić information content (AvgIpc) is 3.00. The van der Waals surface area contributed by atoms with Gasteiger partial charge < -0.3 is 10.3 Å². The van der Waals surface area contributed by atoms with E-state index in [0.717, 1.165) is 16.7 Å². The molecule has 4 nitrogen and oxygen atoms in total. The van der Waals surface area contributed by atoms with E-state index in [1.54, 1.807) is 11.3 Å². The number of nitrogens with zero attached hydrogens (tertiary/aromatic N) is 2. The van der Waals surface area contributed by atoms with Crippen LogP contribution >= 0.6 is 11.3 Å². The zero-order valence-electron chi connectivity index (χ0n) is 9.75. The van der Waals surface area contributed by atoms with Crippen molar-refractivity contribution in [3.8, 4) is 22.8 Å². The summed E-state index contributed by atoms with van der Waals surface area (Å²) in [6.45, 7) is 1.99. The van der Waals surface area contributed by atoms with Gasteiger partial charge in [-0.1, -0.05) is 11.2 Å². The van der Waals surface area contributed by atoms with Crippen molar-refractivity contribution in [3.05, 3.63) is 40.6 Å². The van der Waals surface area contributed by atoms with Gasteiger partial charge in [-0.2, -0.15) is 16.3 Å². The summed E-state index contributed by atoms with van der Waals surface area (Å²) in [5.74, 6) is 1.11. The second-order valence-electron chi connectivity index (χ2n) is 4.01. The molecular weight excluding hydrogens is 246 g/mol. The monoisotopic (exact) mass is 257 g/mol. The lowest BCUT2D eigenvalue weighted by atomic mass is 10.1. The van der Waals surface area contributed by atoms with Gasteiger partial charge in [-0.15, -0.1) is 0 Å². The van der Waals surface area contributed by atoms with Crippen molar-refractivity contribution >= 4 is 17.0 Å². The van der Waals surface area contributed by atoms with E-state index in [9.17, 15) is 0 Å². The van der Waals surface area contributed by atoms with Crippen LogP contribution in [0, 0.1) is 6.92 Å². The summed E-state index contributed by atoms with van der Waals surface area (Å²) in [5.41, 5.74) is 9.37. The minimum absolute atomic E-state index is 0.501. The predicted molar refractivity (Wildman–Crippen MR) is 72.2 cm³/mol. The van der Waals surface area contributed by atoms with Crippen molar-refractivity contribution in [1.29, 1.82) is 0 Å². The number of anilines is 1. The van der Waals surface area contributed by atoms with Crippen LogP contribution in [0.5, 0.6) is 0 Å². The molecule has 0 aliphatic rings. The zero-order chi connectivity index (χ0) is 12.5. The van der Waals surface area contributed by atoms with Crippen LogP contribution in [0.4, 0.5) is 5.69 Å². The molecule has 3 aromatic rings. The number of benzene rings is 1. The third kappa shape index (κ3) is 1.89. The molecule has 3 rings (SSSR count). The normalized spacial score (nSPS) is 10.7. The Bertz CT molecular complexity index is 673. The van der Waals surface area contributed by atoms with E-state index in [1.165, 1.54) is 0 Å². The molecule has 0 aliphatic carbocycles. The Morgan fingerprint density at radius 3 is 2.94 bits per heavy atom. The summed E-state index contributed by atoms with van der Waals surface area (Å²) in [6, 6.07) is 7.61. The molecule has 0 spiro atoms. The molecule has 2 N–H and O–H groups in total. The van der Waals surface area contributed by atoms with Gasteiger partial charge in [-0.25, -0.2) is 0 Å². The number of hydrogen-bond donors (Lipinski definition) is 1. The van der Waals surface area contributed by atoms with Crippen molar-refractivity contribution in [3.63, 3.8) is 0 Å². The minimum Gasteiger partial charge on any atom is -0.399 e. The van der Waals surface area contributed by atoms with Crippen molar-refractivity contribution in [2.75, 3.05) is 5.73 Å². The van der Waals surface area contributed by atoms with Crippen molar-refractivity contribution < 1.29 is 4.52 Å². The molecule has 5 heteroatoms. The molecule has 1 aromatic carbocycles. The molecule has 90 valence electrons. The lowest BCUT2D eigenvalue weighted by molar-refractivity contribution is 0.432. The summed E-state index contributed by atoms with van der Waals surface area (Å²) >= 11 is 1.60. The fourth-order valence-corrected chi connectivity index (χ4v) is 2.35. The first-order valence-electron chi connectivity index (χ1n) is 5.47. The molecule has 0 saturated carbocycles. The van der Waals surface area contributed by atoms with Crippen LogP contribution in [0.2, 0.25) is 0 Å². The first kappa shape index (κ1) is 11.0. The average molecular weight is 257 g/mol. The molecular formula is C13H11N3OS. The highest BCUT2D eigenvalue weighted by molar-refractivity contribution is 7.08. The van der Waals surface area contributed by atoms with Gasteiger partial charge in [0, 0.05) is 22.2 Å². The fraction of sp³-hybridized carbons (Fsp3) is 0.0769. The molecule has 0 saturated heterocycles. The maximum atomic E-state index is 5.78. The molecule has 0 amide bonds.